The largest absolute Gasteiger partial charge is 0.459 e. The highest BCUT2D eigenvalue weighted by molar-refractivity contribution is 5.83. The van der Waals surface area contributed by atoms with Crippen LogP contribution in [0.5, 0.6) is 0 Å². The van der Waals surface area contributed by atoms with Gasteiger partial charge in [0.05, 0.1) is 13.2 Å². The molecular formula is C18H25NO3. The smallest absolute Gasteiger partial charge is 0.407 e. The third kappa shape index (κ3) is 3.62. The topological polar surface area (TPSA) is 51.5 Å². The number of alkyl carbamates (subject to hydrolysis) is 1. The first kappa shape index (κ1) is 16.4. The molecule has 0 spiro atoms. The van der Waals surface area contributed by atoms with Crippen molar-refractivity contribution in [3.63, 3.8) is 0 Å². The maximum atomic E-state index is 11.4. The minimum Gasteiger partial charge on any atom is -0.459 e. The van der Waals surface area contributed by atoms with Crippen molar-refractivity contribution in [2.75, 3.05) is 6.61 Å². The third-order valence-corrected chi connectivity index (χ3v) is 3.69. The van der Waals surface area contributed by atoms with E-state index in [1.807, 2.05) is 6.07 Å². The van der Waals surface area contributed by atoms with Crippen molar-refractivity contribution in [3.8, 4) is 0 Å². The van der Waals surface area contributed by atoms with Crippen LogP contribution in [0.25, 0.3) is 11.0 Å². The van der Waals surface area contributed by atoms with Crippen LogP contribution in [0.2, 0.25) is 0 Å². The Labute approximate surface area is 131 Å². The van der Waals surface area contributed by atoms with E-state index in [1.165, 1.54) is 11.1 Å². The predicted octanol–water partition coefficient (Wildman–Crippen LogP) is 4.93. The number of furan rings is 1. The summed E-state index contributed by atoms with van der Waals surface area (Å²) in [5, 5.41) is 3.79. The van der Waals surface area contributed by atoms with Gasteiger partial charge in [0, 0.05) is 5.39 Å². The van der Waals surface area contributed by atoms with Crippen molar-refractivity contribution in [2.24, 2.45) is 0 Å². The molecule has 0 saturated heterocycles. The summed E-state index contributed by atoms with van der Waals surface area (Å²) in [6.45, 7) is 11.2. The van der Waals surface area contributed by atoms with E-state index in [0.29, 0.717) is 25.0 Å². The van der Waals surface area contributed by atoms with Crippen LogP contribution in [0.4, 0.5) is 4.79 Å². The van der Waals surface area contributed by atoms with Gasteiger partial charge in [0.25, 0.3) is 0 Å². The molecule has 4 nitrogen and oxygen atoms in total. The Morgan fingerprint density at radius 1 is 1.18 bits per heavy atom. The van der Waals surface area contributed by atoms with Crippen molar-refractivity contribution in [3.05, 3.63) is 35.1 Å². The van der Waals surface area contributed by atoms with Gasteiger partial charge < -0.3 is 14.5 Å². The fourth-order valence-corrected chi connectivity index (χ4v) is 2.45. The zero-order chi connectivity index (χ0) is 16.3. The fraction of sp³-hybridized carbons (Fsp3) is 0.500. The van der Waals surface area contributed by atoms with Gasteiger partial charge in [-0.05, 0) is 42.0 Å². The van der Waals surface area contributed by atoms with Crippen LogP contribution in [0.3, 0.4) is 0 Å². The summed E-state index contributed by atoms with van der Waals surface area (Å²) in [5.41, 5.74) is 3.44. The lowest BCUT2D eigenvalue weighted by molar-refractivity contribution is 0.151. The third-order valence-electron chi connectivity index (χ3n) is 3.69. The molecule has 1 amide bonds. The minimum absolute atomic E-state index is 0.335. The lowest BCUT2D eigenvalue weighted by Gasteiger charge is -2.11. The first-order chi connectivity index (χ1) is 10.4. The number of ether oxygens (including phenoxy) is 1. The molecule has 0 fully saturated rings. The highest BCUT2D eigenvalue weighted by Gasteiger charge is 2.14. The van der Waals surface area contributed by atoms with Gasteiger partial charge in [-0.15, -0.1) is 0 Å². The van der Waals surface area contributed by atoms with Crippen molar-refractivity contribution in [1.29, 1.82) is 0 Å². The van der Waals surface area contributed by atoms with Gasteiger partial charge in [0.1, 0.15) is 11.3 Å². The van der Waals surface area contributed by atoms with Crippen molar-refractivity contribution in [2.45, 2.75) is 53.0 Å². The standard InChI is InChI=1S/C18H25NO3/c1-6-21-18(20)19-10-15-8-14-7-13(11(2)3)9-16(12(4)5)17(14)22-15/h7-9,11-12H,6,10H2,1-5H3,(H,19,20). The van der Waals surface area contributed by atoms with Gasteiger partial charge in [-0.1, -0.05) is 33.8 Å². The summed E-state index contributed by atoms with van der Waals surface area (Å²) < 4.78 is 10.8. The second-order valence-electron chi connectivity index (χ2n) is 6.12. The fourth-order valence-electron chi connectivity index (χ4n) is 2.45. The van der Waals surface area contributed by atoms with Crippen molar-refractivity contribution < 1.29 is 13.9 Å². The number of hydrogen-bond donors (Lipinski definition) is 1. The number of benzene rings is 1. The summed E-state index contributed by atoms with van der Waals surface area (Å²) in [5.74, 6) is 1.60. The molecule has 2 rings (SSSR count). The van der Waals surface area contributed by atoms with E-state index < -0.39 is 6.09 Å². The molecular weight excluding hydrogens is 278 g/mol. The molecule has 0 aliphatic rings. The van der Waals surface area contributed by atoms with Crippen LogP contribution < -0.4 is 5.32 Å². The molecule has 1 N–H and O–H groups in total. The van der Waals surface area contributed by atoms with Crippen LogP contribution in [0, 0.1) is 0 Å². The van der Waals surface area contributed by atoms with Crippen LogP contribution in [-0.4, -0.2) is 12.7 Å². The predicted molar refractivity (Wildman–Crippen MR) is 88.3 cm³/mol. The Balaban J connectivity index is 2.32. The van der Waals surface area contributed by atoms with Crippen LogP contribution in [0.1, 0.15) is 63.3 Å². The Kier molecular flexibility index (Phi) is 5.11. The van der Waals surface area contributed by atoms with Crippen molar-refractivity contribution in [1.82, 2.24) is 5.32 Å². The van der Waals surface area contributed by atoms with E-state index in [2.05, 4.69) is 45.1 Å². The van der Waals surface area contributed by atoms with Gasteiger partial charge in [0.15, 0.2) is 0 Å². The molecule has 4 heteroatoms. The number of amides is 1. The van der Waals surface area contributed by atoms with Crippen LogP contribution in [0.15, 0.2) is 22.6 Å². The molecule has 0 unspecified atom stereocenters. The molecule has 0 saturated carbocycles. The Morgan fingerprint density at radius 3 is 2.50 bits per heavy atom. The normalized spacial score (nSPS) is 11.4. The molecule has 120 valence electrons. The first-order valence-corrected chi connectivity index (χ1v) is 7.89. The second kappa shape index (κ2) is 6.86. The second-order valence-corrected chi connectivity index (χ2v) is 6.12. The minimum atomic E-state index is -0.421. The van der Waals surface area contributed by atoms with E-state index >= 15 is 0 Å². The maximum Gasteiger partial charge on any atom is 0.407 e. The van der Waals surface area contributed by atoms with Gasteiger partial charge in [-0.25, -0.2) is 4.79 Å². The zero-order valence-corrected chi connectivity index (χ0v) is 14.0. The van der Waals surface area contributed by atoms with Gasteiger partial charge in [0.2, 0.25) is 0 Å². The molecule has 1 aromatic carbocycles. The molecule has 0 aliphatic carbocycles. The van der Waals surface area contributed by atoms with Crippen LogP contribution in [-0.2, 0) is 11.3 Å². The molecule has 0 aliphatic heterocycles. The van der Waals surface area contributed by atoms with E-state index in [0.717, 1.165) is 16.7 Å². The van der Waals surface area contributed by atoms with Gasteiger partial charge >= 0.3 is 6.09 Å². The first-order valence-electron chi connectivity index (χ1n) is 7.89. The molecule has 0 atom stereocenters. The average molecular weight is 303 g/mol. The van der Waals surface area contributed by atoms with Crippen LogP contribution >= 0.6 is 0 Å². The summed E-state index contributed by atoms with van der Waals surface area (Å²) in [7, 11) is 0. The average Bonchev–Trinajstić information content (AvgIpc) is 2.86. The molecule has 22 heavy (non-hydrogen) atoms. The Morgan fingerprint density at radius 2 is 1.91 bits per heavy atom. The summed E-state index contributed by atoms with van der Waals surface area (Å²) in [4.78, 5) is 11.4. The molecule has 2 aromatic rings. The molecule has 1 heterocycles. The number of rotatable bonds is 5. The van der Waals surface area contributed by atoms with E-state index in [1.54, 1.807) is 6.92 Å². The number of fused-ring (bicyclic) bond motifs is 1. The van der Waals surface area contributed by atoms with Gasteiger partial charge in [-0.3, -0.25) is 0 Å². The number of carbonyl (C=O) groups excluding carboxylic acids is 1. The Bertz CT molecular complexity index is 656. The van der Waals surface area contributed by atoms with E-state index in [-0.39, 0.29) is 0 Å². The lowest BCUT2D eigenvalue weighted by Crippen LogP contribution is -2.23. The quantitative estimate of drug-likeness (QED) is 0.852. The number of hydrogen-bond acceptors (Lipinski definition) is 3. The van der Waals surface area contributed by atoms with Crippen molar-refractivity contribution >= 4 is 17.1 Å². The maximum absolute atomic E-state index is 11.4. The highest BCUT2D eigenvalue weighted by atomic mass is 16.5. The molecule has 0 bridgehead atoms. The monoisotopic (exact) mass is 303 g/mol. The van der Waals surface area contributed by atoms with E-state index in [4.69, 9.17) is 9.15 Å². The number of nitrogens with one attached hydrogen (secondary N) is 1. The van der Waals surface area contributed by atoms with E-state index in [9.17, 15) is 4.79 Å². The summed E-state index contributed by atoms with van der Waals surface area (Å²) in [6, 6.07) is 6.40. The van der Waals surface area contributed by atoms with Gasteiger partial charge in [-0.2, -0.15) is 0 Å². The lowest BCUT2D eigenvalue weighted by atomic mass is 9.94. The Hall–Kier alpha value is -1.97. The zero-order valence-electron chi connectivity index (χ0n) is 14.0. The molecule has 1 aromatic heterocycles. The highest BCUT2D eigenvalue weighted by Crippen LogP contribution is 2.32. The molecule has 0 radical (unpaired) electrons. The number of carbonyl (C=O) groups is 1. The summed E-state index contributed by atoms with van der Waals surface area (Å²) >= 11 is 0. The SMILES string of the molecule is CCOC(=O)NCc1cc2cc(C(C)C)cc(C(C)C)c2o1. The summed E-state index contributed by atoms with van der Waals surface area (Å²) in [6.07, 6.45) is -0.421.